The Kier molecular flexibility index (Phi) is 4.20. The van der Waals surface area contributed by atoms with Crippen LogP contribution in [0.3, 0.4) is 0 Å². The molecule has 0 N–H and O–H groups in total. The van der Waals surface area contributed by atoms with Gasteiger partial charge >= 0.3 is 11.7 Å². The lowest BCUT2D eigenvalue weighted by Crippen LogP contribution is -2.37. The van der Waals surface area contributed by atoms with Crippen LogP contribution >= 0.6 is 0 Å². The van der Waals surface area contributed by atoms with E-state index in [4.69, 9.17) is 4.74 Å². The Morgan fingerprint density at radius 3 is 2.40 bits per heavy atom. The van der Waals surface area contributed by atoms with E-state index in [0.29, 0.717) is 11.3 Å². The Hall–Kier alpha value is -2.90. The van der Waals surface area contributed by atoms with Gasteiger partial charge in [-0.1, -0.05) is 6.92 Å². The van der Waals surface area contributed by atoms with Gasteiger partial charge in [0.2, 0.25) is 0 Å². The van der Waals surface area contributed by atoms with Crippen molar-refractivity contribution < 1.29 is 9.13 Å². The van der Waals surface area contributed by atoms with E-state index in [-0.39, 0.29) is 23.5 Å². The molecule has 1 atom stereocenters. The summed E-state index contributed by atoms with van der Waals surface area (Å²) in [4.78, 5) is 29.1. The van der Waals surface area contributed by atoms with Crippen molar-refractivity contribution in [3.63, 3.8) is 0 Å². The number of fused-ring (bicyclic) bond motifs is 1. The Morgan fingerprint density at radius 2 is 1.80 bits per heavy atom. The van der Waals surface area contributed by atoms with Gasteiger partial charge in [-0.3, -0.25) is 18.5 Å². The van der Waals surface area contributed by atoms with Gasteiger partial charge in [0, 0.05) is 20.1 Å². The molecule has 2 aromatic heterocycles. The van der Waals surface area contributed by atoms with E-state index in [0.717, 1.165) is 11.0 Å². The number of imidazole rings is 1. The Morgan fingerprint density at radius 1 is 1.16 bits per heavy atom. The summed E-state index contributed by atoms with van der Waals surface area (Å²) in [6, 6.07) is 5.63. The quantitative estimate of drug-likeness (QED) is 0.727. The van der Waals surface area contributed by atoms with Crippen LogP contribution in [0.2, 0.25) is 0 Å². The molecule has 0 aliphatic carbocycles. The molecule has 0 amide bonds. The summed E-state index contributed by atoms with van der Waals surface area (Å²) in [5, 5.41) is 0. The van der Waals surface area contributed by atoms with E-state index < -0.39 is 11.2 Å². The van der Waals surface area contributed by atoms with Crippen LogP contribution in [0.5, 0.6) is 11.8 Å². The summed E-state index contributed by atoms with van der Waals surface area (Å²) < 4.78 is 22.9. The van der Waals surface area contributed by atoms with E-state index in [1.54, 1.807) is 11.6 Å². The second kappa shape index (κ2) is 6.19. The van der Waals surface area contributed by atoms with E-state index in [1.165, 1.54) is 35.9 Å². The van der Waals surface area contributed by atoms with Crippen LogP contribution < -0.4 is 16.0 Å². The molecule has 25 heavy (non-hydrogen) atoms. The Balaban J connectivity index is 2.29. The number of aryl methyl sites for hydroxylation is 1. The Labute approximate surface area is 142 Å². The van der Waals surface area contributed by atoms with Crippen LogP contribution in [0, 0.1) is 5.82 Å². The smallest absolute Gasteiger partial charge is 0.332 e. The summed E-state index contributed by atoms with van der Waals surface area (Å²) >= 11 is 0. The minimum atomic E-state index is -0.459. The standard InChI is InChI=1S/C17H19FN4O3/c1-5-10(2)22-13-14(20(3)17(24)21(4)15(13)23)19-16(22)25-12-8-6-11(18)7-9-12/h6-10H,5H2,1-4H3. The molecular weight excluding hydrogens is 327 g/mol. The van der Waals surface area contributed by atoms with Gasteiger partial charge < -0.3 is 4.74 Å². The number of hydrogen-bond acceptors (Lipinski definition) is 4. The molecule has 8 heteroatoms. The fourth-order valence-corrected chi connectivity index (χ4v) is 2.67. The van der Waals surface area contributed by atoms with E-state index in [9.17, 15) is 14.0 Å². The fraction of sp³-hybridized carbons (Fsp3) is 0.353. The van der Waals surface area contributed by atoms with Gasteiger partial charge in [0.05, 0.1) is 0 Å². The number of benzene rings is 1. The first-order valence-corrected chi connectivity index (χ1v) is 7.96. The first-order valence-electron chi connectivity index (χ1n) is 7.96. The van der Waals surface area contributed by atoms with Gasteiger partial charge in [-0.15, -0.1) is 0 Å². The van der Waals surface area contributed by atoms with Crippen LogP contribution in [-0.2, 0) is 14.1 Å². The average Bonchev–Trinajstić information content (AvgIpc) is 2.98. The molecule has 0 aliphatic rings. The second-order valence-corrected chi connectivity index (χ2v) is 5.96. The van der Waals surface area contributed by atoms with E-state index in [1.807, 2.05) is 13.8 Å². The van der Waals surface area contributed by atoms with Gasteiger partial charge in [0.25, 0.3) is 5.56 Å². The highest BCUT2D eigenvalue weighted by Crippen LogP contribution is 2.28. The lowest BCUT2D eigenvalue weighted by molar-refractivity contribution is 0.387. The molecule has 0 spiro atoms. The zero-order chi connectivity index (χ0) is 18.3. The number of ether oxygens (including phenoxy) is 1. The minimum Gasteiger partial charge on any atom is -0.425 e. The number of nitrogens with zero attached hydrogens (tertiary/aromatic N) is 4. The van der Waals surface area contributed by atoms with Crippen LogP contribution in [0.4, 0.5) is 4.39 Å². The van der Waals surface area contributed by atoms with Crippen LogP contribution in [-0.4, -0.2) is 18.7 Å². The maximum absolute atomic E-state index is 13.1. The molecular formula is C17H19FN4O3. The highest BCUT2D eigenvalue weighted by molar-refractivity contribution is 5.72. The normalized spacial score (nSPS) is 12.5. The van der Waals surface area contributed by atoms with Gasteiger partial charge in [-0.25, -0.2) is 9.18 Å². The van der Waals surface area contributed by atoms with Crippen molar-refractivity contribution in [3.05, 3.63) is 50.9 Å². The van der Waals surface area contributed by atoms with E-state index in [2.05, 4.69) is 4.98 Å². The average molecular weight is 346 g/mol. The zero-order valence-corrected chi connectivity index (χ0v) is 14.5. The molecule has 0 fully saturated rings. The van der Waals surface area contributed by atoms with Crippen molar-refractivity contribution in [1.82, 2.24) is 18.7 Å². The summed E-state index contributed by atoms with van der Waals surface area (Å²) in [6.07, 6.45) is 0.733. The van der Waals surface area contributed by atoms with Crippen LogP contribution in [0.1, 0.15) is 26.3 Å². The predicted octanol–water partition coefficient (Wildman–Crippen LogP) is 2.34. The minimum absolute atomic E-state index is 0.0781. The third-order valence-electron chi connectivity index (χ3n) is 4.31. The molecule has 7 nitrogen and oxygen atoms in total. The molecule has 0 saturated carbocycles. The summed E-state index contributed by atoms with van der Waals surface area (Å²) in [7, 11) is 2.98. The number of rotatable bonds is 4. The summed E-state index contributed by atoms with van der Waals surface area (Å²) in [6.45, 7) is 3.91. The molecule has 132 valence electrons. The Bertz CT molecular complexity index is 1050. The van der Waals surface area contributed by atoms with Crippen LogP contribution in [0.25, 0.3) is 11.2 Å². The monoisotopic (exact) mass is 346 g/mol. The molecule has 1 unspecified atom stereocenters. The van der Waals surface area contributed by atoms with Gasteiger partial charge in [0.1, 0.15) is 11.6 Å². The van der Waals surface area contributed by atoms with Crippen molar-refractivity contribution in [2.45, 2.75) is 26.3 Å². The first kappa shape index (κ1) is 16.9. The van der Waals surface area contributed by atoms with E-state index >= 15 is 0 Å². The van der Waals surface area contributed by atoms with Gasteiger partial charge in [-0.2, -0.15) is 4.98 Å². The van der Waals surface area contributed by atoms with Gasteiger partial charge in [-0.05, 0) is 37.6 Å². The maximum Gasteiger partial charge on any atom is 0.332 e. The molecule has 0 bridgehead atoms. The van der Waals surface area contributed by atoms with Crippen molar-refractivity contribution >= 4 is 11.2 Å². The lowest BCUT2D eigenvalue weighted by Gasteiger charge is -2.15. The molecule has 1 aromatic carbocycles. The number of aromatic nitrogens is 4. The fourth-order valence-electron chi connectivity index (χ4n) is 2.67. The summed E-state index contributed by atoms with van der Waals surface area (Å²) in [5.74, 6) is 0.0159. The SMILES string of the molecule is CCC(C)n1c(Oc2ccc(F)cc2)nc2c1c(=O)n(C)c(=O)n2C. The molecule has 0 radical (unpaired) electrons. The molecule has 3 rings (SSSR count). The topological polar surface area (TPSA) is 71.1 Å². The van der Waals surface area contributed by atoms with Crippen molar-refractivity contribution in [2.24, 2.45) is 14.1 Å². The second-order valence-electron chi connectivity index (χ2n) is 5.96. The largest absolute Gasteiger partial charge is 0.425 e. The molecule has 3 aromatic rings. The first-order chi connectivity index (χ1) is 11.8. The molecule has 2 heterocycles. The van der Waals surface area contributed by atoms with Crippen molar-refractivity contribution in [1.29, 1.82) is 0 Å². The summed E-state index contributed by atoms with van der Waals surface area (Å²) in [5.41, 5.74) is -0.332. The highest BCUT2D eigenvalue weighted by Gasteiger charge is 2.23. The van der Waals surface area contributed by atoms with Crippen molar-refractivity contribution in [2.75, 3.05) is 0 Å². The third kappa shape index (κ3) is 2.73. The van der Waals surface area contributed by atoms with Crippen LogP contribution in [0.15, 0.2) is 33.9 Å². The molecule has 0 aliphatic heterocycles. The zero-order valence-electron chi connectivity index (χ0n) is 14.5. The number of halogens is 1. The highest BCUT2D eigenvalue weighted by atomic mass is 19.1. The maximum atomic E-state index is 13.1. The van der Waals surface area contributed by atoms with Crippen molar-refractivity contribution in [3.8, 4) is 11.8 Å². The third-order valence-corrected chi connectivity index (χ3v) is 4.31. The molecule has 0 saturated heterocycles. The van der Waals surface area contributed by atoms with Gasteiger partial charge in [0.15, 0.2) is 11.2 Å². The predicted molar refractivity (Wildman–Crippen MR) is 91.7 cm³/mol. The number of hydrogen-bond donors (Lipinski definition) is 0. The lowest BCUT2D eigenvalue weighted by atomic mass is 10.2.